The van der Waals surface area contributed by atoms with Gasteiger partial charge in [0.2, 0.25) is 0 Å². The number of hydrogen-bond acceptors (Lipinski definition) is 3. The Balaban J connectivity index is 0. The van der Waals surface area contributed by atoms with Gasteiger partial charge in [0.05, 0.1) is 0 Å². The van der Waals surface area contributed by atoms with Crippen LogP contribution in [-0.2, 0) is 4.79 Å². The van der Waals surface area contributed by atoms with Gasteiger partial charge >= 0.3 is 18.9 Å². The third kappa shape index (κ3) is 42.6. The van der Waals surface area contributed by atoms with Gasteiger partial charge in [-0.25, -0.2) is 0 Å². The summed E-state index contributed by atoms with van der Waals surface area (Å²) in [7, 11) is 0. The Bertz CT molecular complexity index is 602. The fourth-order valence-electron chi connectivity index (χ4n) is 7.99. The van der Waals surface area contributed by atoms with Gasteiger partial charge in [-0.3, -0.25) is 0 Å². The van der Waals surface area contributed by atoms with E-state index in [4.69, 9.17) is 0 Å². The van der Waals surface area contributed by atoms with E-state index in [0.29, 0.717) is 0 Å². The maximum Gasteiger partial charge on any atom is 1.00 e. The summed E-state index contributed by atoms with van der Waals surface area (Å²) in [5, 5.41) is 11.4. The van der Waals surface area contributed by atoms with Crippen molar-refractivity contribution in [2.45, 2.75) is 284 Å². The van der Waals surface area contributed by atoms with E-state index in [1.54, 1.807) is 0 Å². The maximum absolute atomic E-state index is 11.4. The summed E-state index contributed by atoms with van der Waals surface area (Å²) in [6, 6.07) is 0.145. The van der Waals surface area contributed by atoms with Crippen LogP contribution >= 0.6 is 0 Å². The summed E-state index contributed by atoms with van der Waals surface area (Å²) in [5.41, 5.74) is 0. The molecule has 0 aromatic rings. The molecule has 0 heterocycles. The Kier molecular flexibility index (Phi) is 48.1. The molecule has 0 saturated heterocycles. The predicted molar refractivity (Wildman–Crippen MR) is 222 cm³/mol. The molecule has 1 atom stereocenters. The van der Waals surface area contributed by atoms with E-state index in [1.807, 2.05) is 0 Å². The fraction of sp³-hybridized carbons (Fsp3) is 0.979. The summed E-state index contributed by atoms with van der Waals surface area (Å²) in [5.74, 6) is -0.886. The first-order valence-corrected chi connectivity index (χ1v) is 23.6. The van der Waals surface area contributed by atoms with Crippen molar-refractivity contribution in [2.75, 3.05) is 13.1 Å². The van der Waals surface area contributed by atoms with Crippen molar-refractivity contribution in [1.29, 1.82) is 0 Å². The van der Waals surface area contributed by atoms with Gasteiger partial charge in [-0.1, -0.05) is 252 Å². The molecule has 0 aliphatic rings. The first-order valence-electron chi connectivity index (χ1n) is 23.6. The topological polar surface area (TPSA) is 43.4 Å². The van der Waals surface area contributed by atoms with E-state index in [2.05, 4.69) is 25.7 Å². The molecule has 0 rings (SSSR count). The van der Waals surface area contributed by atoms with Gasteiger partial charge in [-0.2, -0.15) is 0 Å². The summed E-state index contributed by atoms with van der Waals surface area (Å²) >= 11 is 0. The maximum atomic E-state index is 11.4. The summed E-state index contributed by atoms with van der Waals surface area (Å²) < 4.78 is 0. The molecule has 3 nitrogen and oxygen atoms in total. The average Bonchev–Trinajstić information content (AvgIpc) is 3.11. The molecule has 0 fully saturated rings. The van der Waals surface area contributed by atoms with E-state index in [-0.39, 0.29) is 31.3 Å². The van der Waals surface area contributed by atoms with Crippen molar-refractivity contribution in [3.63, 3.8) is 0 Å². The van der Waals surface area contributed by atoms with Crippen LogP contribution in [0.2, 0.25) is 0 Å². The van der Waals surface area contributed by atoms with Gasteiger partial charge in [0.1, 0.15) is 0 Å². The van der Waals surface area contributed by atoms with Crippen molar-refractivity contribution in [3.05, 3.63) is 0 Å². The summed E-state index contributed by atoms with van der Waals surface area (Å²) in [6.07, 6.45) is 54.5. The molecular weight excluding hydrogens is 617 g/mol. The number of nitrogens with zero attached hydrogens (tertiary/aromatic N) is 1. The Morgan fingerprint density at radius 3 is 0.745 bits per heavy atom. The van der Waals surface area contributed by atoms with Gasteiger partial charge in [0, 0.05) is 18.4 Å². The molecule has 4 heteroatoms. The quantitative estimate of drug-likeness (QED) is 0.0467. The van der Waals surface area contributed by atoms with Gasteiger partial charge < -0.3 is 14.8 Å². The van der Waals surface area contributed by atoms with E-state index in [1.165, 1.54) is 244 Å². The van der Waals surface area contributed by atoms with Gasteiger partial charge in [-0.15, -0.1) is 0 Å². The summed E-state index contributed by atoms with van der Waals surface area (Å²) in [6.45, 7) is 8.86. The van der Waals surface area contributed by atoms with Gasteiger partial charge in [0.15, 0.2) is 0 Å². The van der Waals surface area contributed by atoms with E-state index < -0.39 is 5.97 Å². The number of rotatable bonds is 44. The zero-order valence-corrected chi connectivity index (χ0v) is 36.0. The number of unbranched alkanes of at least 4 members (excludes halogenated alkanes) is 36. The SMILES string of the molecule is CCCCCCCCCCCCCCCCCCCCCN(CCCCCCCCCCCCCCCCCCCCC)C(CC)CC(=O)[O-].[Li+]. The third-order valence-corrected chi connectivity index (χ3v) is 11.5. The van der Waals surface area contributed by atoms with Crippen molar-refractivity contribution in [3.8, 4) is 0 Å². The molecule has 51 heavy (non-hydrogen) atoms. The second-order valence-corrected chi connectivity index (χ2v) is 16.4. The van der Waals surface area contributed by atoms with E-state index in [0.717, 1.165) is 19.5 Å². The molecule has 0 bridgehead atoms. The molecule has 0 amide bonds. The Labute approximate surface area is 335 Å². The monoisotopic (exact) mass is 712 g/mol. The van der Waals surface area contributed by atoms with E-state index >= 15 is 0 Å². The van der Waals surface area contributed by atoms with Crippen molar-refractivity contribution < 1.29 is 28.8 Å². The minimum Gasteiger partial charge on any atom is -0.550 e. The van der Waals surface area contributed by atoms with Gasteiger partial charge in [0.25, 0.3) is 0 Å². The van der Waals surface area contributed by atoms with Gasteiger partial charge in [-0.05, 0) is 32.4 Å². The average molecular weight is 712 g/mol. The minimum atomic E-state index is -0.886. The Morgan fingerprint density at radius 1 is 0.373 bits per heavy atom. The molecule has 1 unspecified atom stereocenters. The van der Waals surface area contributed by atoms with Crippen LogP contribution in [0.15, 0.2) is 0 Å². The van der Waals surface area contributed by atoms with Crippen LogP contribution in [0, 0.1) is 0 Å². The summed E-state index contributed by atoms with van der Waals surface area (Å²) in [4.78, 5) is 13.9. The Morgan fingerprint density at radius 2 is 0.569 bits per heavy atom. The normalized spacial score (nSPS) is 12.1. The van der Waals surface area contributed by atoms with Crippen LogP contribution in [0.1, 0.15) is 278 Å². The molecule has 0 aliphatic carbocycles. The molecule has 0 aromatic heterocycles. The first-order chi connectivity index (χ1) is 24.7. The standard InChI is InChI=1S/C47H95NO2.Li/c1-4-7-9-11-13-15-17-19-21-23-25-27-29-31-33-35-37-39-41-43-48(46(6-3)45-47(49)50)44-42-40-38-36-34-32-30-28-26-24-22-20-18-16-14-12-10-8-5-2;/h46H,4-45H2,1-3H3,(H,49,50);/q;+1/p-1. The second-order valence-electron chi connectivity index (χ2n) is 16.4. The molecule has 0 spiro atoms. The first kappa shape index (κ1) is 53.1. The van der Waals surface area contributed by atoms with Crippen LogP contribution in [0.4, 0.5) is 0 Å². The van der Waals surface area contributed by atoms with Crippen LogP contribution in [0.3, 0.4) is 0 Å². The molecule has 0 aromatic carbocycles. The number of aliphatic carboxylic acids is 1. The van der Waals surface area contributed by atoms with Crippen molar-refractivity contribution in [1.82, 2.24) is 4.90 Å². The number of carbonyl (C=O) groups excluding carboxylic acids is 1. The van der Waals surface area contributed by atoms with E-state index in [9.17, 15) is 9.90 Å². The van der Waals surface area contributed by atoms with Crippen LogP contribution in [0.25, 0.3) is 0 Å². The van der Waals surface area contributed by atoms with Crippen LogP contribution in [0.5, 0.6) is 0 Å². The smallest absolute Gasteiger partial charge is 0.550 e. The number of carbonyl (C=O) groups is 1. The van der Waals surface area contributed by atoms with Crippen LogP contribution < -0.4 is 24.0 Å². The molecular formula is C47H94LiNO2. The Hall–Kier alpha value is 0.0274. The predicted octanol–water partition coefficient (Wildman–Crippen LogP) is 12.1. The molecule has 0 radical (unpaired) electrons. The zero-order chi connectivity index (χ0) is 36.4. The van der Waals surface area contributed by atoms with Crippen molar-refractivity contribution >= 4 is 5.97 Å². The largest absolute Gasteiger partial charge is 1.00 e. The number of carboxylic acids is 1. The zero-order valence-electron chi connectivity index (χ0n) is 36.0. The second kappa shape index (κ2) is 46.2. The molecule has 0 aliphatic heterocycles. The van der Waals surface area contributed by atoms with Crippen LogP contribution in [-0.4, -0.2) is 30.0 Å². The third-order valence-electron chi connectivity index (χ3n) is 11.5. The molecule has 0 saturated carbocycles. The molecule has 300 valence electrons. The number of carboxylic acid groups (broad SMARTS) is 1. The molecule has 0 N–H and O–H groups in total. The fourth-order valence-corrected chi connectivity index (χ4v) is 7.99. The minimum absolute atomic E-state index is 0. The number of hydrogen-bond donors (Lipinski definition) is 0. The van der Waals surface area contributed by atoms with Crippen molar-refractivity contribution in [2.24, 2.45) is 0 Å².